The molecular formula is C26H25N3O5S. The molecule has 2 amide bonds. The van der Waals surface area contributed by atoms with E-state index in [1.165, 1.54) is 0 Å². The SMILES string of the molecule is O=C(O)CC1CCCCN1C(=O)c1csc(NC(=O)OCC2c3ccccc3-c3ccccc32)n1. The van der Waals surface area contributed by atoms with Crippen LogP contribution in [0.3, 0.4) is 0 Å². The highest BCUT2D eigenvalue weighted by atomic mass is 32.1. The Bertz CT molecular complexity index is 1230. The van der Waals surface area contributed by atoms with Gasteiger partial charge in [-0.1, -0.05) is 48.5 Å². The molecule has 8 nitrogen and oxygen atoms in total. The van der Waals surface area contributed by atoms with Crippen LogP contribution in [-0.4, -0.2) is 52.2 Å². The minimum Gasteiger partial charge on any atom is -0.481 e. The molecule has 1 unspecified atom stereocenters. The lowest BCUT2D eigenvalue weighted by Crippen LogP contribution is -2.44. The summed E-state index contributed by atoms with van der Waals surface area (Å²) >= 11 is 1.13. The van der Waals surface area contributed by atoms with Crippen molar-refractivity contribution < 1.29 is 24.2 Å². The lowest BCUT2D eigenvalue weighted by Gasteiger charge is -2.34. The summed E-state index contributed by atoms with van der Waals surface area (Å²) in [6.45, 7) is 0.686. The molecule has 3 aromatic rings. The smallest absolute Gasteiger partial charge is 0.413 e. The fourth-order valence-electron chi connectivity index (χ4n) is 4.98. The number of ether oxygens (including phenoxy) is 1. The number of hydrogen-bond donors (Lipinski definition) is 2. The van der Waals surface area contributed by atoms with Crippen LogP contribution in [0.5, 0.6) is 0 Å². The Morgan fingerprint density at radius 3 is 2.43 bits per heavy atom. The summed E-state index contributed by atoms with van der Waals surface area (Å²) in [5.74, 6) is -1.29. The van der Waals surface area contributed by atoms with Crippen molar-refractivity contribution in [2.45, 2.75) is 37.6 Å². The maximum atomic E-state index is 13.0. The zero-order valence-corrected chi connectivity index (χ0v) is 19.8. The van der Waals surface area contributed by atoms with Crippen LogP contribution in [0, 0.1) is 0 Å². The molecule has 35 heavy (non-hydrogen) atoms. The molecule has 2 N–H and O–H groups in total. The number of nitrogens with zero attached hydrogens (tertiary/aromatic N) is 2. The number of carboxylic acid groups (broad SMARTS) is 1. The minimum atomic E-state index is -0.925. The fraction of sp³-hybridized carbons (Fsp3) is 0.308. The normalized spacial score (nSPS) is 16.9. The molecule has 0 bridgehead atoms. The quantitative estimate of drug-likeness (QED) is 0.504. The van der Waals surface area contributed by atoms with E-state index in [0.717, 1.165) is 46.4 Å². The predicted molar refractivity (Wildman–Crippen MR) is 132 cm³/mol. The van der Waals surface area contributed by atoms with Crippen molar-refractivity contribution in [3.8, 4) is 11.1 Å². The van der Waals surface area contributed by atoms with Gasteiger partial charge in [-0.15, -0.1) is 11.3 Å². The number of amides is 2. The van der Waals surface area contributed by atoms with E-state index in [9.17, 15) is 14.4 Å². The Morgan fingerprint density at radius 1 is 1.06 bits per heavy atom. The van der Waals surface area contributed by atoms with Crippen LogP contribution in [-0.2, 0) is 9.53 Å². The minimum absolute atomic E-state index is 0.0492. The highest BCUT2D eigenvalue weighted by molar-refractivity contribution is 7.14. The van der Waals surface area contributed by atoms with Gasteiger partial charge in [0.15, 0.2) is 5.13 Å². The number of anilines is 1. The number of rotatable bonds is 6. The Morgan fingerprint density at radius 2 is 1.74 bits per heavy atom. The van der Waals surface area contributed by atoms with Crippen LogP contribution >= 0.6 is 11.3 Å². The number of piperidine rings is 1. The van der Waals surface area contributed by atoms with Crippen molar-refractivity contribution in [1.82, 2.24) is 9.88 Å². The standard InChI is InChI=1S/C26H25N3O5S/c30-23(31)13-16-7-5-6-12-29(16)24(32)22-15-35-25(27-22)28-26(33)34-14-21-19-10-3-1-8-17(19)18-9-2-4-11-20(18)21/h1-4,8-11,15-16,21H,5-7,12-14H2,(H,30,31)(H,27,28,33). The number of thiazole rings is 1. The van der Waals surface area contributed by atoms with Gasteiger partial charge >= 0.3 is 12.1 Å². The monoisotopic (exact) mass is 491 g/mol. The highest BCUT2D eigenvalue weighted by Gasteiger charge is 2.31. The number of aromatic nitrogens is 1. The van der Waals surface area contributed by atoms with Crippen LogP contribution in [0.15, 0.2) is 53.9 Å². The second-order valence-electron chi connectivity index (χ2n) is 8.73. The van der Waals surface area contributed by atoms with Gasteiger partial charge in [0, 0.05) is 23.9 Å². The molecule has 9 heteroatoms. The van der Waals surface area contributed by atoms with Crippen molar-refractivity contribution in [2.24, 2.45) is 0 Å². The third-order valence-corrected chi connectivity index (χ3v) is 7.33. The Kier molecular flexibility index (Phi) is 6.50. The summed E-state index contributed by atoms with van der Waals surface area (Å²) in [6.07, 6.45) is 1.67. The second-order valence-corrected chi connectivity index (χ2v) is 9.59. The van der Waals surface area contributed by atoms with E-state index in [-0.39, 0.29) is 41.7 Å². The summed E-state index contributed by atoms with van der Waals surface area (Å²) in [5.41, 5.74) is 4.75. The molecule has 180 valence electrons. The van der Waals surface area contributed by atoms with Gasteiger partial charge in [0.2, 0.25) is 0 Å². The average Bonchev–Trinajstić information content (AvgIpc) is 3.45. The molecule has 0 spiro atoms. The third kappa shape index (κ3) is 4.77. The number of aliphatic carboxylic acids is 1. The van der Waals surface area contributed by atoms with Gasteiger partial charge < -0.3 is 14.7 Å². The van der Waals surface area contributed by atoms with E-state index >= 15 is 0 Å². The lowest BCUT2D eigenvalue weighted by molar-refractivity contribution is -0.138. The van der Waals surface area contributed by atoms with Gasteiger partial charge in [-0.3, -0.25) is 14.9 Å². The largest absolute Gasteiger partial charge is 0.481 e. The summed E-state index contributed by atoms with van der Waals surface area (Å²) in [5, 5.41) is 13.6. The van der Waals surface area contributed by atoms with E-state index in [4.69, 9.17) is 9.84 Å². The molecule has 1 fully saturated rings. The van der Waals surface area contributed by atoms with Crippen LogP contribution in [0.25, 0.3) is 11.1 Å². The van der Waals surface area contributed by atoms with Crippen LogP contribution < -0.4 is 5.32 Å². The summed E-state index contributed by atoms with van der Waals surface area (Å²) in [4.78, 5) is 42.5. The van der Waals surface area contributed by atoms with Crippen molar-refractivity contribution in [3.63, 3.8) is 0 Å². The molecule has 1 saturated heterocycles. The van der Waals surface area contributed by atoms with E-state index in [1.807, 2.05) is 24.3 Å². The molecule has 2 heterocycles. The number of fused-ring (bicyclic) bond motifs is 3. The Hall–Kier alpha value is -3.72. The van der Waals surface area contributed by atoms with Gasteiger partial charge in [0.25, 0.3) is 5.91 Å². The molecule has 1 aliphatic heterocycles. The number of carboxylic acids is 1. The Balaban J connectivity index is 1.22. The van der Waals surface area contributed by atoms with Crippen molar-refractivity contribution in [2.75, 3.05) is 18.5 Å². The average molecular weight is 492 g/mol. The number of carbonyl (C=O) groups excluding carboxylic acids is 2. The number of nitrogens with one attached hydrogen (secondary N) is 1. The number of likely N-dealkylation sites (tertiary alicyclic amines) is 1. The number of carbonyl (C=O) groups is 3. The van der Waals surface area contributed by atoms with E-state index in [0.29, 0.717) is 13.0 Å². The molecule has 1 aliphatic carbocycles. The summed E-state index contributed by atoms with van der Waals surface area (Å²) < 4.78 is 5.55. The van der Waals surface area contributed by atoms with E-state index in [2.05, 4.69) is 34.6 Å². The first kappa shape index (κ1) is 23.0. The molecule has 2 aliphatic rings. The summed E-state index contributed by atoms with van der Waals surface area (Å²) in [6, 6.07) is 15.9. The van der Waals surface area contributed by atoms with Crippen molar-refractivity contribution in [3.05, 3.63) is 70.7 Å². The summed E-state index contributed by atoms with van der Waals surface area (Å²) in [7, 11) is 0. The topological polar surface area (TPSA) is 109 Å². The fourth-order valence-corrected chi connectivity index (χ4v) is 5.65. The first-order valence-electron chi connectivity index (χ1n) is 11.6. The molecule has 5 rings (SSSR count). The van der Waals surface area contributed by atoms with Gasteiger partial charge in [-0.05, 0) is 41.5 Å². The zero-order chi connectivity index (χ0) is 24.4. The molecule has 2 aromatic carbocycles. The van der Waals surface area contributed by atoms with Gasteiger partial charge in [0.05, 0.1) is 6.42 Å². The Labute approximate surface area is 206 Å². The van der Waals surface area contributed by atoms with Crippen molar-refractivity contribution in [1.29, 1.82) is 0 Å². The van der Waals surface area contributed by atoms with E-state index in [1.54, 1.807) is 10.3 Å². The zero-order valence-electron chi connectivity index (χ0n) is 19.0. The van der Waals surface area contributed by atoms with E-state index < -0.39 is 12.1 Å². The third-order valence-electron chi connectivity index (χ3n) is 6.57. The van der Waals surface area contributed by atoms with Crippen LogP contribution in [0.2, 0.25) is 0 Å². The molecule has 1 aromatic heterocycles. The molecule has 0 radical (unpaired) electrons. The van der Waals surface area contributed by atoms with Crippen LogP contribution in [0.1, 0.15) is 53.2 Å². The maximum absolute atomic E-state index is 13.0. The predicted octanol–water partition coefficient (Wildman–Crippen LogP) is 4.97. The molecular weight excluding hydrogens is 466 g/mol. The first-order valence-corrected chi connectivity index (χ1v) is 12.5. The van der Waals surface area contributed by atoms with Gasteiger partial charge in [-0.2, -0.15) is 0 Å². The first-order chi connectivity index (χ1) is 17.0. The number of hydrogen-bond acceptors (Lipinski definition) is 6. The molecule has 1 atom stereocenters. The maximum Gasteiger partial charge on any atom is 0.413 e. The second kappa shape index (κ2) is 9.87. The highest BCUT2D eigenvalue weighted by Crippen LogP contribution is 2.44. The lowest BCUT2D eigenvalue weighted by atomic mass is 9.98. The van der Waals surface area contributed by atoms with Crippen LogP contribution in [0.4, 0.5) is 9.93 Å². The number of benzene rings is 2. The van der Waals surface area contributed by atoms with Crippen molar-refractivity contribution >= 4 is 34.4 Å². The van der Waals surface area contributed by atoms with Gasteiger partial charge in [-0.25, -0.2) is 9.78 Å². The molecule has 0 saturated carbocycles. The van der Waals surface area contributed by atoms with Gasteiger partial charge in [0.1, 0.15) is 12.3 Å².